The lowest BCUT2D eigenvalue weighted by atomic mass is 9.95. The van der Waals surface area contributed by atoms with Crippen molar-refractivity contribution in [2.24, 2.45) is 5.73 Å². The average Bonchev–Trinajstić information content (AvgIpc) is 2.84. The number of hydrogen-bond acceptors (Lipinski definition) is 3. The molecule has 0 aromatic carbocycles. The van der Waals surface area contributed by atoms with Crippen molar-refractivity contribution < 1.29 is 4.42 Å². The number of nitrogens with one attached hydrogen (secondary N) is 1. The summed E-state index contributed by atoms with van der Waals surface area (Å²) in [6.45, 7) is 3.76. The van der Waals surface area contributed by atoms with Gasteiger partial charge in [-0.05, 0) is 44.9 Å². The van der Waals surface area contributed by atoms with Crippen LogP contribution in [0.4, 0.5) is 0 Å². The van der Waals surface area contributed by atoms with Crippen molar-refractivity contribution in [1.82, 2.24) is 5.32 Å². The van der Waals surface area contributed by atoms with Gasteiger partial charge in [0.1, 0.15) is 11.5 Å². The van der Waals surface area contributed by atoms with Gasteiger partial charge in [-0.3, -0.25) is 0 Å². The Morgan fingerprint density at radius 2 is 2.12 bits per heavy atom. The maximum absolute atomic E-state index is 6.28. The molecule has 1 fully saturated rings. The van der Waals surface area contributed by atoms with Gasteiger partial charge < -0.3 is 15.5 Å². The lowest BCUT2D eigenvalue weighted by Crippen LogP contribution is -2.39. The van der Waals surface area contributed by atoms with Gasteiger partial charge >= 0.3 is 0 Å². The Bertz CT molecular complexity index is 326. The lowest BCUT2D eigenvalue weighted by Gasteiger charge is -2.23. The van der Waals surface area contributed by atoms with E-state index < -0.39 is 0 Å². The molecule has 0 unspecified atom stereocenters. The van der Waals surface area contributed by atoms with Gasteiger partial charge in [0.25, 0.3) is 0 Å². The fraction of sp³-hybridized carbons (Fsp3) is 0.692. The standard InChI is InChI=1S/C13H22N2O/c1-11-4-5-12(16-11)10-15-9-8-13(14)6-2-3-7-13/h4-5,15H,2-3,6-10,14H2,1H3. The van der Waals surface area contributed by atoms with Crippen LogP contribution in [0.15, 0.2) is 16.5 Å². The molecule has 0 aliphatic heterocycles. The molecule has 1 heterocycles. The highest BCUT2D eigenvalue weighted by molar-refractivity contribution is 5.05. The molecule has 3 nitrogen and oxygen atoms in total. The van der Waals surface area contributed by atoms with Crippen LogP contribution >= 0.6 is 0 Å². The van der Waals surface area contributed by atoms with Gasteiger partial charge in [-0.1, -0.05) is 12.8 Å². The molecule has 1 aliphatic rings. The van der Waals surface area contributed by atoms with E-state index in [9.17, 15) is 0 Å². The van der Waals surface area contributed by atoms with Crippen molar-refractivity contribution in [2.75, 3.05) is 6.54 Å². The number of aryl methyl sites for hydroxylation is 1. The highest BCUT2D eigenvalue weighted by Gasteiger charge is 2.28. The monoisotopic (exact) mass is 222 g/mol. The van der Waals surface area contributed by atoms with Gasteiger partial charge in [0.15, 0.2) is 0 Å². The largest absolute Gasteiger partial charge is 0.465 e. The average molecular weight is 222 g/mol. The Kier molecular flexibility index (Phi) is 3.66. The SMILES string of the molecule is Cc1ccc(CNCCC2(N)CCCC2)o1. The molecule has 1 aliphatic carbocycles. The van der Waals surface area contributed by atoms with Crippen LogP contribution in [-0.2, 0) is 6.54 Å². The summed E-state index contributed by atoms with van der Waals surface area (Å²) in [5.41, 5.74) is 6.38. The van der Waals surface area contributed by atoms with Crippen molar-refractivity contribution >= 4 is 0 Å². The van der Waals surface area contributed by atoms with Gasteiger partial charge in [0.05, 0.1) is 6.54 Å². The molecule has 1 aromatic heterocycles. The molecule has 0 amide bonds. The second-order valence-corrected chi connectivity index (χ2v) is 5.01. The molecule has 0 bridgehead atoms. The summed E-state index contributed by atoms with van der Waals surface area (Å²) in [7, 11) is 0. The van der Waals surface area contributed by atoms with Gasteiger partial charge in [-0.25, -0.2) is 0 Å². The predicted octanol–water partition coefficient (Wildman–Crippen LogP) is 2.34. The summed E-state index contributed by atoms with van der Waals surface area (Å²) < 4.78 is 5.49. The molecule has 0 radical (unpaired) electrons. The third-order valence-electron chi connectivity index (χ3n) is 3.49. The van der Waals surface area contributed by atoms with Crippen LogP contribution in [0.3, 0.4) is 0 Å². The summed E-state index contributed by atoms with van der Waals surface area (Å²) in [4.78, 5) is 0. The van der Waals surface area contributed by atoms with Crippen molar-refractivity contribution in [3.05, 3.63) is 23.7 Å². The Labute approximate surface area is 97.4 Å². The van der Waals surface area contributed by atoms with Gasteiger partial charge in [0.2, 0.25) is 0 Å². The summed E-state index contributed by atoms with van der Waals surface area (Å²) in [6.07, 6.45) is 6.05. The summed E-state index contributed by atoms with van der Waals surface area (Å²) in [5, 5.41) is 3.39. The van der Waals surface area contributed by atoms with Crippen LogP contribution in [0.2, 0.25) is 0 Å². The Balaban J connectivity index is 1.65. The third kappa shape index (κ3) is 3.09. The summed E-state index contributed by atoms with van der Waals surface area (Å²) in [6, 6.07) is 4.02. The number of furan rings is 1. The van der Waals surface area contributed by atoms with E-state index in [1.165, 1.54) is 25.7 Å². The molecular weight excluding hydrogens is 200 g/mol. The lowest BCUT2D eigenvalue weighted by molar-refractivity contribution is 0.384. The minimum Gasteiger partial charge on any atom is -0.465 e. The molecule has 3 N–H and O–H groups in total. The first-order valence-corrected chi connectivity index (χ1v) is 6.23. The molecule has 1 aromatic rings. The van der Waals surface area contributed by atoms with Crippen molar-refractivity contribution in [2.45, 2.75) is 51.1 Å². The van der Waals surface area contributed by atoms with E-state index in [1.807, 2.05) is 19.1 Å². The van der Waals surface area contributed by atoms with Crippen LogP contribution in [0, 0.1) is 6.92 Å². The van der Waals surface area contributed by atoms with Crippen LogP contribution in [0.5, 0.6) is 0 Å². The van der Waals surface area contributed by atoms with Crippen LogP contribution < -0.4 is 11.1 Å². The third-order valence-corrected chi connectivity index (χ3v) is 3.49. The van der Waals surface area contributed by atoms with Crippen LogP contribution in [-0.4, -0.2) is 12.1 Å². The van der Waals surface area contributed by atoms with Crippen LogP contribution in [0.1, 0.15) is 43.6 Å². The summed E-state index contributed by atoms with van der Waals surface area (Å²) >= 11 is 0. The first-order chi connectivity index (χ1) is 7.68. The first-order valence-electron chi connectivity index (χ1n) is 6.23. The second-order valence-electron chi connectivity index (χ2n) is 5.01. The zero-order valence-corrected chi connectivity index (χ0v) is 10.1. The molecule has 0 saturated heterocycles. The van der Waals surface area contributed by atoms with Crippen molar-refractivity contribution in [3.8, 4) is 0 Å². The quantitative estimate of drug-likeness (QED) is 0.752. The van der Waals surface area contributed by atoms with Crippen LogP contribution in [0.25, 0.3) is 0 Å². The molecule has 0 atom stereocenters. The van der Waals surface area contributed by atoms with Crippen molar-refractivity contribution in [1.29, 1.82) is 0 Å². The van der Waals surface area contributed by atoms with Gasteiger partial charge in [0, 0.05) is 5.54 Å². The Morgan fingerprint density at radius 1 is 1.38 bits per heavy atom. The molecule has 90 valence electrons. The molecular formula is C13H22N2O. The molecule has 1 saturated carbocycles. The molecule has 0 spiro atoms. The minimum atomic E-state index is 0.103. The second kappa shape index (κ2) is 5.02. The van der Waals surface area contributed by atoms with E-state index in [-0.39, 0.29) is 5.54 Å². The van der Waals surface area contributed by atoms with E-state index in [1.54, 1.807) is 0 Å². The van der Waals surface area contributed by atoms with E-state index in [2.05, 4.69) is 5.32 Å². The number of rotatable bonds is 5. The van der Waals surface area contributed by atoms with E-state index in [4.69, 9.17) is 10.2 Å². The fourth-order valence-corrected chi connectivity index (χ4v) is 2.46. The number of hydrogen-bond donors (Lipinski definition) is 2. The zero-order chi connectivity index (χ0) is 11.4. The molecule has 16 heavy (non-hydrogen) atoms. The van der Waals surface area contributed by atoms with E-state index in [0.717, 1.165) is 31.0 Å². The van der Waals surface area contributed by atoms with Gasteiger partial charge in [-0.15, -0.1) is 0 Å². The smallest absolute Gasteiger partial charge is 0.117 e. The number of nitrogens with two attached hydrogens (primary N) is 1. The maximum Gasteiger partial charge on any atom is 0.117 e. The van der Waals surface area contributed by atoms with Gasteiger partial charge in [-0.2, -0.15) is 0 Å². The minimum absolute atomic E-state index is 0.103. The summed E-state index contributed by atoms with van der Waals surface area (Å²) in [5.74, 6) is 1.98. The topological polar surface area (TPSA) is 51.2 Å². The Morgan fingerprint density at radius 3 is 2.75 bits per heavy atom. The first kappa shape index (κ1) is 11.7. The highest BCUT2D eigenvalue weighted by atomic mass is 16.3. The highest BCUT2D eigenvalue weighted by Crippen LogP contribution is 2.29. The van der Waals surface area contributed by atoms with E-state index in [0.29, 0.717) is 0 Å². The predicted molar refractivity (Wildman–Crippen MR) is 65.2 cm³/mol. The Hall–Kier alpha value is -0.800. The maximum atomic E-state index is 6.28. The molecule has 3 heteroatoms. The fourth-order valence-electron chi connectivity index (χ4n) is 2.46. The normalized spacial score (nSPS) is 19.1. The van der Waals surface area contributed by atoms with Crippen molar-refractivity contribution in [3.63, 3.8) is 0 Å². The zero-order valence-electron chi connectivity index (χ0n) is 10.1. The molecule has 2 rings (SSSR count). The van der Waals surface area contributed by atoms with E-state index >= 15 is 0 Å².